The van der Waals surface area contributed by atoms with E-state index in [-0.39, 0.29) is 29.4 Å². The Balaban J connectivity index is 1.82. The van der Waals surface area contributed by atoms with Crippen LogP contribution in [-0.2, 0) is 16.1 Å². The number of hydrogen-bond acceptors (Lipinski definition) is 7. The molecule has 8 heteroatoms. The number of Topliss-reactive ketones (excluding diaryl/α,β-unsaturated/α-hetero) is 1. The SMILES string of the molecule is CCCOc1ccc(/C(O)=C2/C(=O)C(=O)N(Cc3cccnc3)C2c2ccc(O)c(OC)c2)cc1. The first kappa shape index (κ1) is 23.8. The summed E-state index contributed by atoms with van der Waals surface area (Å²) < 4.78 is 10.8. The number of ether oxygens (including phenoxy) is 2. The molecule has 0 radical (unpaired) electrons. The average molecular weight is 475 g/mol. The lowest BCUT2D eigenvalue weighted by Crippen LogP contribution is -2.29. The Morgan fingerprint density at radius 3 is 2.54 bits per heavy atom. The molecule has 2 N–H and O–H groups in total. The van der Waals surface area contributed by atoms with Crippen LogP contribution < -0.4 is 9.47 Å². The minimum atomic E-state index is -0.902. The second kappa shape index (κ2) is 10.3. The zero-order valence-corrected chi connectivity index (χ0v) is 19.5. The molecule has 2 heterocycles. The summed E-state index contributed by atoms with van der Waals surface area (Å²) in [5, 5.41) is 21.3. The number of amides is 1. The van der Waals surface area contributed by atoms with Crippen LogP contribution in [0.5, 0.6) is 17.2 Å². The molecule has 0 aliphatic carbocycles. The monoisotopic (exact) mass is 474 g/mol. The molecule has 3 aromatic rings. The fourth-order valence-corrected chi connectivity index (χ4v) is 4.03. The highest BCUT2D eigenvalue weighted by atomic mass is 16.5. The standard InChI is InChI=1S/C27H26N2O6/c1-3-13-35-20-9-6-18(7-10-20)25(31)23-24(19-8-11-21(30)22(14-19)34-2)29(27(33)26(23)32)16-17-5-4-12-28-15-17/h4-12,14-15,24,30-31H,3,13,16H2,1-2H3/b25-23-. The summed E-state index contributed by atoms with van der Waals surface area (Å²) in [5.74, 6) is -1.09. The number of carbonyl (C=O) groups is 2. The number of pyridine rings is 1. The molecule has 1 saturated heterocycles. The Bertz CT molecular complexity index is 1250. The van der Waals surface area contributed by atoms with Crippen molar-refractivity contribution in [3.63, 3.8) is 0 Å². The molecular weight excluding hydrogens is 448 g/mol. The molecule has 1 aliphatic rings. The van der Waals surface area contributed by atoms with E-state index in [1.807, 2.05) is 6.92 Å². The van der Waals surface area contributed by atoms with Crippen LogP contribution in [0.25, 0.3) is 5.76 Å². The Morgan fingerprint density at radius 1 is 1.11 bits per heavy atom. The van der Waals surface area contributed by atoms with Gasteiger partial charge in [-0.3, -0.25) is 14.6 Å². The van der Waals surface area contributed by atoms with E-state index >= 15 is 0 Å². The lowest BCUT2D eigenvalue weighted by molar-refractivity contribution is -0.140. The third-order valence-corrected chi connectivity index (χ3v) is 5.74. The number of aliphatic hydroxyl groups is 1. The number of aromatic hydroxyl groups is 1. The Hall–Kier alpha value is -4.33. The van der Waals surface area contributed by atoms with Crippen LogP contribution in [-0.4, -0.2) is 45.5 Å². The van der Waals surface area contributed by atoms with E-state index < -0.39 is 17.7 Å². The normalized spacial score (nSPS) is 17.0. The molecule has 8 nitrogen and oxygen atoms in total. The van der Waals surface area contributed by atoms with Gasteiger partial charge in [0.25, 0.3) is 11.7 Å². The van der Waals surface area contributed by atoms with Crippen LogP contribution in [0, 0.1) is 0 Å². The zero-order chi connectivity index (χ0) is 24.9. The maximum atomic E-state index is 13.2. The molecule has 4 rings (SSSR count). The third-order valence-electron chi connectivity index (χ3n) is 5.74. The summed E-state index contributed by atoms with van der Waals surface area (Å²) in [6.07, 6.45) is 4.09. The molecule has 0 spiro atoms. The van der Waals surface area contributed by atoms with Crippen LogP contribution in [0.15, 0.2) is 72.6 Å². The molecule has 180 valence electrons. The van der Waals surface area contributed by atoms with Gasteiger partial charge in [-0.05, 0) is 60.0 Å². The summed E-state index contributed by atoms with van der Waals surface area (Å²) in [6.45, 7) is 2.67. The summed E-state index contributed by atoms with van der Waals surface area (Å²) in [5.41, 5.74) is 1.56. The second-order valence-electron chi connectivity index (χ2n) is 8.09. The topological polar surface area (TPSA) is 109 Å². The minimum Gasteiger partial charge on any atom is -0.507 e. The van der Waals surface area contributed by atoms with E-state index in [0.29, 0.717) is 23.5 Å². The number of aliphatic hydroxyl groups excluding tert-OH is 1. The molecule has 35 heavy (non-hydrogen) atoms. The van der Waals surface area contributed by atoms with Crippen molar-refractivity contribution in [3.05, 3.63) is 89.3 Å². The molecular formula is C27H26N2O6. The maximum absolute atomic E-state index is 13.2. The first-order valence-corrected chi connectivity index (χ1v) is 11.2. The Morgan fingerprint density at radius 2 is 1.89 bits per heavy atom. The summed E-state index contributed by atoms with van der Waals surface area (Å²) in [4.78, 5) is 31.8. The number of ketones is 1. The van der Waals surface area contributed by atoms with Crippen molar-refractivity contribution in [1.29, 1.82) is 0 Å². The predicted octanol–water partition coefficient (Wildman–Crippen LogP) is 4.21. The van der Waals surface area contributed by atoms with Crippen molar-refractivity contribution in [2.45, 2.75) is 25.9 Å². The van der Waals surface area contributed by atoms with E-state index in [1.54, 1.807) is 60.9 Å². The number of rotatable bonds is 8. The quantitative estimate of drug-likeness (QED) is 0.286. The van der Waals surface area contributed by atoms with Gasteiger partial charge >= 0.3 is 0 Å². The van der Waals surface area contributed by atoms with Gasteiger partial charge < -0.3 is 24.6 Å². The van der Waals surface area contributed by atoms with E-state index in [9.17, 15) is 19.8 Å². The smallest absolute Gasteiger partial charge is 0.295 e. The van der Waals surface area contributed by atoms with E-state index in [2.05, 4.69) is 4.98 Å². The lowest BCUT2D eigenvalue weighted by Gasteiger charge is -2.25. The van der Waals surface area contributed by atoms with Gasteiger partial charge in [0.2, 0.25) is 0 Å². The van der Waals surface area contributed by atoms with Gasteiger partial charge in [0.05, 0.1) is 25.3 Å². The van der Waals surface area contributed by atoms with Crippen molar-refractivity contribution in [1.82, 2.24) is 9.88 Å². The van der Waals surface area contributed by atoms with Crippen molar-refractivity contribution in [2.24, 2.45) is 0 Å². The van der Waals surface area contributed by atoms with Gasteiger partial charge in [-0.2, -0.15) is 0 Å². The van der Waals surface area contributed by atoms with Crippen LogP contribution in [0.4, 0.5) is 0 Å². The molecule has 2 aromatic carbocycles. The number of hydrogen-bond donors (Lipinski definition) is 2. The molecule has 0 saturated carbocycles. The molecule has 1 amide bonds. The molecule has 1 fully saturated rings. The largest absolute Gasteiger partial charge is 0.507 e. The summed E-state index contributed by atoms with van der Waals surface area (Å²) in [6, 6.07) is 13.9. The second-order valence-corrected chi connectivity index (χ2v) is 8.09. The van der Waals surface area contributed by atoms with Crippen LogP contribution in [0.2, 0.25) is 0 Å². The number of benzene rings is 2. The molecule has 1 atom stereocenters. The fourth-order valence-electron chi connectivity index (χ4n) is 4.03. The minimum absolute atomic E-state index is 0.0474. The number of phenols is 1. The molecule has 1 aromatic heterocycles. The van der Waals surface area contributed by atoms with Crippen LogP contribution in [0.1, 0.15) is 36.1 Å². The molecule has 1 aliphatic heterocycles. The highest BCUT2D eigenvalue weighted by molar-refractivity contribution is 6.46. The molecule has 0 bridgehead atoms. The van der Waals surface area contributed by atoms with Gasteiger partial charge in [-0.15, -0.1) is 0 Å². The first-order valence-electron chi connectivity index (χ1n) is 11.2. The van der Waals surface area contributed by atoms with E-state index in [4.69, 9.17) is 9.47 Å². The van der Waals surface area contributed by atoms with E-state index in [1.165, 1.54) is 18.1 Å². The Labute approximate surface area is 203 Å². The Kier molecular flexibility index (Phi) is 7.01. The zero-order valence-electron chi connectivity index (χ0n) is 19.5. The van der Waals surface area contributed by atoms with Crippen LogP contribution in [0.3, 0.4) is 0 Å². The van der Waals surface area contributed by atoms with Crippen molar-refractivity contribution < 1.29 is 29.3 Å². The highest BCUT2D eigenvalue weighted by Crippen LogP contribution is 2.42. The van der Waals surface area contributed by atoms with Crippen molar-refractivity contribution in [3.8, 4) is 17.2 Å². The number of likely N-dealkylation sites (tertiary alicyclic amines) is 1. The van der Waals surface area contributed by atoms with Gasteiger partial charge in [-0.1, -0.05) is 19.1 Å². The average Bonchev–Trinajstić information content (AvgIpc) is 3.13. The number of aromatic nitrogens is 1. The predicted molar refractivity (Wildman–Crippen MR) is 129 cm³/mol. The molecule has 1 unspecified atom stereocenters. The lowest BCUT2D eigenvalue weighted by atomic mass is 9.95. The van der Waals surface area contributed by atoms with Crippen molar-refractivity contribution in [2.75, 3.05) is 13.7 Å². The van der Waals surface area contributed by atoms with Gasteiger partial charge in [-0.25, -0.2) is 0 Å². The van der Waals surface area contributed by atoms with Crippen molar-refractivity contribution >= 4 is 17.4 Å². The summed E-state index contributed by atoms with van der Waals surface area (Å²) >= 11 is 0. The summed E-state index contributed by atoms with van der Waals surface area (Å²) in [7, 11) is 1.41. The first-order chi connectivity index (χ1) is 16.9. The number of nitrogens with zero attached hydrogens (tertiary/aromatic N) is 2. The van der Waals surface area contributed by atoms with Gasteiger partial charge in [0, 0.05) is 24.5 Å². The number of methoxy groups -OCH3 is 1. The van der Waals surface area contributed by atoms with Gasteiger partial charge in [0.1, 0.15) is 11.5 Å². The fraction of sp³-hybridized carbons (Fsp3) is 0.222. The van der Waals surface area contributed by atoms with Crippen LogP contribution >= 0.6 is 0 Å². The maximum Gasteiger partial charge on any atom is 0.295 e. The number of phenolic OH excluding ortho intramolecular Hbond substituents is 1. The van der Waals surface area contributed by atoms with E-state index in [0.717, 1.165) is 12.0 Å². The third kappa shape index (κ3) is 4.82. The number of carbonyl (C=O) groups excluding carboxylic acids is 2. The van der Waals surface area contributed by atoms with Gasteiger partial charge in [0.15, 0.2) is 11.5 Å². The highest BCUT2D eigenvalue weighted by Gasteiger charge is 2.46.